The van der Waals surface area contributed by atoms with Crippen molar-refractivity contribution in [2.75, 3.05) is 0 Å². The number of hydrogen-bond donors (Lipinski definition) is 2. The summed E-state index contributed by atoms with van der Waals surface area (Å²) in [6.45, 7) is 8.12. The van der Waals surface area contributed by atoms with Crippen LogP contribution in [-0.2, 0) is 4.79 Å². The molecule has 4 heteroatoms. The molecule has 0 aromatic rings. The predicted molar refractivity (Wildman–Crippen MR) is 64.5 cm³/mol. The van der Waals surface area contributed by atoms with E-state index >= 15 is 0 Å². The summed E-state index contributed by atoms with van der Waals surface area (Å²) in [5, 5.41) is 11.2. The van der Waals surface area contributed by atoms with E-state index in [1.54, 1.807) is 0 Å². The molecule has 3 N–H and O–H groups in total. The molecule has 0 aliphatic rings. The Morgan fingerprint density at radius 1 is 1.50 bits per heavy atom. The number of nitrogens with one attached hydrogen (secondary N) is 1. The van der Waals surface area contributed by atoms with Crippen LogP contribution in [0.5, 0.6) is 0 Å². The molecule has 0 aromatic heterocycles. The number of amides is 1. The van der Waals surface area contributed by atoms with Gasteiger partial charge in [-0.2, -0.15) is 5.26 Å². The lowest BCUT2D eigenvalue weighted by atomic mass is 9.87. The van der Waals surface area contributed by atoms with Gasteiger partial charge >= 0.3 is 0 Å². The maximum absolute atomic E-state index is 11.5. The van der Waals surface area contributed by atoms with Crippen molar-refractivity contribution in [3.63, 3.8) is 0 Å². The van der Waals surface area contributed by atoms with Gasteiger partial charge in [0.15, 0.2) is 0 Å². The van der Waals surface area contributed by atoms with Crippen LogP contribution in [0.15, 0.2) is 0 Å². The van der Waals surface area contributed by atoms with Gasteiger partial charge in [0.1, 0.15) is 0 Å². The van der Waals surface area contributed by atoms with E-state index in [-0.39, 0.29) is 23.4 Å². The van der Waals surface area contributed by atoms with Gasteiger partial charge in [-0.05, 0) is 18.8 Å². The lowest BCUT2D eigenvalue weighted by Crippen LogP contribution is -2.37. The minimum absolute atomic E-state index is 0.0699. The average molecular weight is 225 g/mol. The first kappa shape index (κ1) is 14.9. The number of carbonyl (C=O) groups excluding carboxylic acids is 1. The molecule has 1 amide bonds. The van der Waals surface area contributed by atoms with E-state index in [0.29, 0.717) is 12.8 Å². The molecule has 2 atom stereocenters. The van der Waals surface area contributed by atoms with Crippen LogP contribution in [0.2, 0.25) is 0 Å². The Morgan fingerprint density at radius 3 is 2.50 bits per heavy atom. The largest absolute Gasteiger partial charge is 0.353 e. The van der Waals surface area contributed by atoms with Gasteiger partial charge < -0.3 is 11.1 Å². The highest BCUT2D eigenvalue weighted by atomic mass is 16.1. The molecule has 0 aliphatic heterocycles. The topological polar surface area (TPSA) is 78.9 Å². The SMILES string of the molecule is CC(CC#N)NC(=O)CC(N)CC(C)(C)C. The van der Waals surface area contributed by atoms with Gasteiger partial charge in [-0.15, -0.1) is 0 Å². The Kier molecular flexibility index (Phi) is 6.05. The molecule has 0 saturated heterocycles. The van der Waals surface area contributed by atoms with E-state index in [9.17, 15) is 4.79 Å². The Labute approximate surface area is 98.2 Å². The molecule has 4 nitrogen and oxygen atoms in total. The summed E-state index contributed by atoms with van der Waals surface area (Å²) in [4.78, 5) is 11.5. The van der Waals surface area contributed by atoms with Crippen LogP contribution in [0.3, 0.4) is 0 Å². The Balaban J connectivity index is 3.92. The molecule has 0 bridgehead atoms. The van der Waals surface area contributed by atoms with Crippen molar-refractivity contribution in [2.45, 2.75) is 59.0 Å². The molecule has 0 aromatic carbocycles. The highest BCUT2D eigenvalue weighted by Crippen LogP contribution is 2.20. The molecule has 0 spiro atoms. The first-order valence-electron chi connectivity index (χ1n) is 5.66. The summed E-state index contributed by atoms with van der Waals surface area (Å²) >= 11 is 0. The maximum atomic E-state index is 11.5. The van der Waals surface area contributed by atoms with Crippen molar-refractivity contribution < 1.29 is 4.79 Å². The third-order valence-electron chi connectivity index (χ3n) is 2.13. The number of rotatable bonds is 5. The zero-order valence-electron chi connectivity index (χ0n) is 10.7. The standard InChI is InChI=1S/C12H23N3O/c1-9(5-6-13)15-11(16)7-10(14)8-12(2,3)4/h9-10H,5,7-8,14H2,1-4H3,(H,15,16). The lowest BCUT2D eigenvalue weighted by molar-refractivity contribution is -0.122. The van der Waals surface area contributed by atoms with E-state index in [1.807, 2.05) is 13.0 Å². The first-order valence-corrected chi connectivity index (χ1v) is 5.66. The fourth-order valence-electron chi connectivity index (χ4n) is 1.62. The summed E-state index contributed by atoms with van der Waals surface area (Å²) in [5.74, 6) is -0.0699. The fraction of sp³-hybridized carbons (Fsp3) is 0.833. The molecule has 0 heterocycles. The number of hydrogen-bond acceptors (Lipinski definition) is 3. The van der Waals surface area contributed by atoms with E-state index < -0.39 is 0 Å². The third-order valence-corrected chi connectivity index (χ3v) is 2.13. The van der Waals surface area contributed by atoms with Gasteiger partial charge in [-0.25, -0.2) is 0 Å². The molecule has 0 radical (unpaired) electrons. The number of nitriles is 1. The zero-order chi connectivity index (χ0) is 12.8. The third kappa shape index (κ3) is 8.25. The van der Waals surface area contributed by atoms with Crippen LogP contribution >= 0.6 is 0 Å². The van der Waals surface area contributed by atoms with Crippen molar-refractivity contribution in [1.82, 2.24) is 5.32 Å². The molecular weight excluding hydrogens is 202 g/mol. The first-order chi connectivity index (χ1) is 7.24. The summed E-state index contributed by atoms with van der Waals surface area (Å²) in [7, 11) is 0. The molecule has 92 valence electrons. The molecule has 2 unspecified atom stereocenters. The van der Waals surface area contributed by atoms with Crippen molar-refractivity contribution in [3.8, 4) is 6.07 Å². The average Bonchev–Trinajstić information content (AvgIpc) is 1.98. The zero-order valence-corrected chi connectivity index (χ0v) is 10.7. The second kappa shape index (κ2) is 6.49. The van der Waals surface area contributed by atoms with Gasteiger partial charge in [0.05, 0.1) is 12.5 Å². The van der Waals surface area contributed by atoms with Gasteiger partial charge in [-0.1, -0.05) is 20.8 Å². The minimum atomic E-state index is -0.116. The molecule has 0 aliphatic carbocycles. The van der Waals surface area contributed by atoms with Gasteiger partial charge in [0.25, 0.3) is 0 Å². The van der Waals surface area contributed by atoms with Crippen LogP contribution < -0.4 is 11.1 Å². The Bertz CT molecular complexity index is 262. The second-order valence-corrected chi connectivity index (χ2v) is 5.56. The number of carbonyl (C=O) groups is 1. The maximum Gasteiger partial charge on any atom is 0.221 e. The monoisotopic (exact) mass is 225 g/mol. The smallest absolute Gasteiger partial charge is 0.221 e. The van der Waals surface area contributed by atoms with E-state index in [4.69, 9.17) is 11.0 Å². The number of nitrogens with zero attached hydrogens (tertiary/aromatic N) is 1. The van der Waals surface area contributed by atoms with E-state index in [1.165, 1.54) is 0 Å². The highest BCUT2D eigenvalue weighted by molar-refractivity contribution is 5.76. The quantitative estimate of drug-likeness (QED) is 0.745. The van der Waals surface area contributed by atoms with Crippen LogP contribution in [0.4, 0.5) is 0 Å². The predicted octanol–water partition coefficient (Wildman–Crippen LogP) is 1.56. The van der Waals surface area contributed by atoms with Crippen LogP contribution in [-0.4, -0.2) is 18.0 Å². The summed E-state index contributed by atoms with van der Waals surface area (Å²) in [5.41, 5.74) is 6.02. The van der Waals surface area contributed by atoms with Crippen molar-refractivity contribution >= 4 is 5.91 Å². The van der Waals surface area contributed by atoms with Gasteiger partial charge in [0, 0.05) is 18.5 Å². The van der Waals surface area contributed by atoms with Crippen molar-refractivity contribution in [2.24, 2.45) is 11.1 Å². The molecular formula is C12H23N3O. The summed E-state index contributed by atoms with van der Waals surface area (Å²) in [6.07, 6.45) is 1.47. The van der Waals surface area contributed by atoms with E-state index in [0.717, 1.165) is 6.42 Å². The van der Waals surface area contributed by atoms with E-state index in [2.05, 4.69) is 26.1 Å². The normalized spacial score (nSPS) is 15.0. The van der Waals surface area contributed by atoms with Crippen LogP contribution in [0.1, 0.15) is 47.0 Å². The number of nitrogens with two attached hydrogens (primary N) is 1. The van der Waals surface area contributed by atoms with Gasteiger partial charge in [0.2, 0.25) is 5.91 Å². The Morgan fingerprint density at radius 2 is 2.06 bits per heavy atom. The minimum Gasteiger partial charge on any atom is -0.353 e. The van der Waals surface area contributed by atoms with Crippen LogP contribution in [0.25, 0.3) is 0 Å². The Hall–Kier alpha value is -1.08. The van der Waals surface area contributed by atoms with Crippen molar-refractivity contribution in [3.05, 3.63) is 0 Å². The van der Waals surface area contributed by atoms with Crippen molar-refractivity contribution in [1.29, 1.82) is 5.26 Å². The molecule has 0 rings (SSSR count). The van der Waals surface area contributed by atoms with Gasteiger partial charge in [-0.3, -0.25) is 4.79 Å². The molecule has 0 fully saturated rings. The summed E-state index contributed by atoms with van der Waals surface area (Å²) < 4.78 is 0. The second-order valence-electron chi connectivity index (χ2n) is 5.56. The molecule has 0 saturated carbocycles. The lowest BCUT2D eigenvalue weighted by Gasteiger charge is -2.23. The fourth-order valence-corrected chi connectivity index (χ4v) is 1.62. The highest BCUT2D eigenvalue weighted by Gasteiger charge is 2.18. The molecule has 16 heavy (non-hydrogen) atoms. The van der Waals surface area contributed by atoms with Crippen LogP contribution in [0, 0.1) is 16.7 Å². The summed E-state index contributed by atoms with van der Waals surface area (Å²) in [6, 6.07) is 1.80.